The summed E-state index contributed by atoms with van der Waals surface area (Å²) < 4.78 is 12.4. The van der Waals surface area contributed by atoms with E-state index in [1.54, 1.807) is 31.2 Å². The molecular formula is C22H20N4O3S. The smallest absolute Gasteiger partial charge is 0.260 e. The van der Waals surface area contributed by atoms with E-state index in [0.29, 0.717) is 27.9 Å². The minimum atomic E-state index is -0.253. The van der Waals surface area contributed by atoms with Crippen LogP contribution >= 0.6 is 11.3 Å². The van der Waals surface area contributed by atoms with E-state index in [-0.39, 0.29) is 5.91 Å². The lowest BCUT2D eigenvalue weighted by atomic mass is 10.1. The summed E-state index contributed by atoms with van der Waals surface area (Å²) in [5.74, 6) is 1.10. The second-order valence-corrected chi connectivity index (χ2v) is 7.31. The van der Waals surface area contributed by atoms with E-state index >= 15 is 0 Å². The van der Waals surface area contributed by atoms with Crippen LogP contribution in [0.5, 0.6) is 11.5 Å². The van der Waals surface area contributed by atoms with E-state index in [1.165, 1.54) is 11.3 Å². The Morgan fingerprint density at radius 1 is 1.10 bits per heavy atom. The number of carbonyl (C=O) groups is 1. The number of rotatable bonds is 6. The molecule has 2 aromatic heterocycles. The predicted octanol–water partition coefficient (Wildman–Crippen LogP) is 4.57. The molecule has 0 unspecified atom stereocenters. The van der Waals surface area contributed by atoms with Gasteiger partial charge in [-0.15, -0.1) is 11.3 Å². The van der Waals surface area contributed by atoms with Gasteiger partial charge >= 0.3 is 0 Å². The summed E-state index contributed by atoms with van der Waals surface area (Å²) in [6.07, 6.45) is 1.57. The third-order valence-electron chi connectivity index (χ3n) is 4.66. The molecule has 0 aliphatic rings. The highest BCUT2D eigenvalue weighted by molar-refractivity contribution is 7.14. The minimum absolute atomic E-state index is 0.253. The van der Waals surface area contributed by atoms with Gasteiger partial charge in [0, 0.05) is 17.0 Å². The lowest BCUT2D eigenvalue weighted by Crippen LogP contribution is -2.13. The Hall–Kier alpha value is -3.65. The number of anilines is 1. The number of para-hydroxylation sites is 1. The van der Waals surface area contributed by atoms with Gasteiger partial charge in [-0.2, -0.15) is 5.10 Å². The van der Waals surface area contributed by atoms with Crippen molar-refractivity contribution in [2.45, 2.75) is 6.92 Å². The summed E-state index contributed by atoms with van der Waals surface area (Å²) in [7, 11) is 3.20. The number of thiazole rings is 1. The lowest BCUT2D eigenvalue weighted by molar-refractivity contribution is 0.102. The van der Waals surface area contributed by atoms with Crippen molar-refractivity contribution in [2.24, 2.45) is 0 Å². The molecule has 2 heterocycles. The summed E-state index contributed by atoms with van der Waals surface area (Å²) >= 11 is 1.35. The Balaban J connectivity index is 1.55. The highest BCUT2D eigenvalue weighted by Gasteiger charge is 2.17. The second-order valence-electron chi connectivity index (χ2n) is 6.45. The van der Waals surface area contributed by atoms with E-state index in [0.717, 1.165) is 16.9 Å². The third kappa shape index (κ3) is 3.77. The summed E-state index contributed by atoms with van der Waals surface area (Å²) in [4.78, 5) is 17.3. The zero-order valence-electron chi connectivity index (χ0n) is 16.7. The van der Waals surface area contributed by atoms with E-state index in [9.17, 15) is 4.79 Å². The molecule has 0 saturated heterocycles. The fourth-order valence-corrected chi connectivity index (χ4v) is 3.80. The van der Waals surface area contributed by atoms with Crippen LogP contribution in [0.25, 0.3) is 16.9 Å². The number of aromatic nitrogens is 3. The van der Waals surface area contributed by atoms with Gasteiger partial charge in [0.25, 0.3) is 5.91 Å². The summed E-state index contributed by atoms with van der Waals surface area (Å²) in [5, 5.41) is 9.59. The first-order chi connectivity index (χ1) is 14.6. The summed E-state index contributed by atoms with van der Waals surface area (Å²) in [6.45, 7) is 1.87. The molecule has 8 heteroatoms. The van der Waals surface area contributed by atoms with Crippen molar-refractivity contribution in [3.8, 4) is 28.4 Å². The van der Waals surface area contributed by atoms with Gasteiger partial charge < -0.3 is 9.47 Å². The van der Waals surface area contributed by atoms with Gasteiger partial charge in [0.2, 0.25) is 0 Å². The molecule has 0 atom stereocenters. The molecule has 30 heavy (non-hydrogen) atoms. The Bertz CT molecular complexity index is 1180. The topological polar surface area (TPSA) is 78.3 Å². The highest BCUT2D eigenvalue weighted by atomic mass is 32.1. The average molecular weight is 420 g/mol. The van der Waals surface area contributed by atoms with E-state index in [4.69, 9.17) is 9.47 Å². The van der Waals surface area contributed by atoms with Crippen LogP contribution in [0.2, 0.25) is 0 Å². The van der Waals surface area contributed by atoms with Crippen LogP contribution in [0.3, 0.4) is 0 Å². The Labute approximate surface area is 177 Å². The number of nitrogens with one attached hydrogen (secondary N) is 1. The van der Waals surface area contributed by atoms with E-state index < -0.39 is 0 Å². The first-order valence-electron chi connectivity index (χ1n) is 9.20. The van der Waals surface area contributed by atoms with Crippen LogP contribution in [0.1, 0.15) is 16.1 Å². The minimum Gasteiger partial charge on any atom is -0.497 e. The molecule has 0 aliphatic heterocycles. The fourth-order valence-electron chi connectivity index (χ4n) is 3.09. The number of hydrogen-bond acceptors (Lipinski definition) is 6. The molecule has 0 saturated carbocycles. The predicted molar refractivity (Wildman–Crippen MR) is 117 cm³/mol. The van der Waals surface area contributed by atoms with Gasteiger partial charge in [-0.1, -0.05) is 18.2 Å². The van der Waals surface area contributed by atoms with Crippen molar-refractivity contribution < 1.29 is 14.3 Å². The van der Waals surface area contributed by atoms with Crippen molar-refractivity contribution in [2.75, 3.05) is 19.5 Å². The number of ether oxygens (including phenoxy) is 2. The molecule has 4 aromatic rings. The number of carbonyl (C=O) groups excluding carboxylic acids is 1. The molecule has 1 amide bonds. The molecule has 0 bridgehead atoms. The van der Waals surface area contributed by atoms with Crippen molar-refractivity contribution in [1.82, 2.24) is 14.8 Å². The van der Waals surface area contributed by atoms with Gasteiger partial charge in [-0.25, -0.2) is 9.67 Å². The number of nitrogens with zero attached hydrogens (tertiary/aromatic N) is 3. The second kappa shape index (κ2) is 8.38. The van der Waals surface area contributed by atoms with Crippen molar-refractivity contribution in [1.29, 1.82) is 0 Å². The van der Waals surface area contributed by atoms with Gasteiger partial charge in [0.15, 0.2) is 5.13 Å². The zero-order chi connectivity index (χ0) is 21.1. The fraction of sp³-hybridized carbons (Fsp3) is 0.136. The van der Waals surface area contributed by atoms with Crippen molar-refractivity contribution in [3.05, 3.63) is 71.4 Å². The molecule has 0 fully saturated rings. The first kappa shape index (κ1) is 19.7. The molecule has 7 nitrogen and oxygen atoms in total. The maximum absolute atomic E-state index is 12.8. The third-order valence-corrected chi connectivity index (χ3v) is 5.42. The number of benzene rings is 2. The van der Waals surface area contributed by atoms with Crippen molar-refractivity contribution >= 4 is 22.4 Å². The molecule has 152 valence electrons. The number of methoxy groups -OCH3 is 2. The normalized spacial score (nSPS) is 10.6. The van der Waals surface area contributed by atoms with Crippen LogP contribution in [0.4, 0.5) is 5.13 Å². The maximum Gasteiger partial charge on any atom is 0.260 e. The lowest BCUT2D eigenvalue weighted by Gasteiger charge is -2.08. The molecule has 0 spiro atoms. The molecule has 2 aromatic carbocycles. The molecule has 0 aliphatic carbocycles. The molecule has 1 N–H and O–H groups in total. The van der Waals surface area contributed by atoms with Gasteiger partial charge in [-0.05, 0) is 31.2 Å². The SMILES string of the molecule is COc1ccc(-c2csc(NC(=O)c3cnn(-c4ccccc4)c3C)n2)c(OC)c1. The standard InChI is InChI=1S/C22H20N4O3S/c1-14-18(12-23-26(14)15-7-5-4-6-8-15)21(27)25-22-24-19(13-30-22)17-10-9-16(28-2)11-20(17)29-3/h4-13H,1-3H3,(H,24,25,27). The number of amides is 1. The monoisotopic (exact) mass is 420 g/mol. The zero-order valence-corrected chi connectivity index (χ0v) is 17.6. The van der Waals surface area contributed by atoms with Crippen LogP contribution in [-0.4, -0.2) is 34.9 Å². The van der Waals surface area contributed by atoms with Gasteiger partial charge in [-0.3, -0.25) is 10.1 Å². The van der Waals surface area contributed by atoms with Gasteiger partial charge in [0.1, 0.15) is 11.5 Å². The first-order valence-corrected chi connectivity index (χ1v) is 10.1. The van der Waals surface area contributed by atoms with Crippen LogP contribution in [-0.2, 0) is 0 Å². The van der Waals surface area contributed by atoms with Crippen molar-refractivity contribution in [3.63, 3.8) is 0 Å². The molecular weight excluding hydrogens is 400 g/mol. The van der Waals surface area contributed by atoms with Gasteiger partial charge in [0.05, 0.1) is 43.1 Å². The Kier molecular flexibility index (Phi) is 5.49. The number of hydrogen-bond donors (Lipinski definition) is 1. The largest absolute Gasteiger partial charge is 0.497 e. The highest BCUT2D eigenvalue weighted by Crippen LogP contribution is 2.35. The molecule has 4 rings (SSSR count). The van der Waals surface area contributed by atoms with E-state index in [2.05, 4.69) is 15.4 Å². The maximum atomic E-state index is 12.8. The molecule has 0 radical (unpaired) electrons. The van der Waals surface area contributed by atoms with Crippen LogP contribution in [0.15, 0.2) is 60.1 Å². The van der Waals surface area contributed by atoms with Crippen LogP contribution < -0.4 is 14.8 Å². The average Bonchev–Trinajstić information content (AvgIpc) is 3.40. The summed E-state index contributed by atoms with van der Waals surface area (Å²) in [5.41, 5.74) is 3.69. The van der Waals surface area contributed by atoms with Crippen LogP contribution in [0, 0.1) is 6.92 Å². The Morgan fingerprint density at radius 3 is 2.63 bits per heavy atom. The van der Waals surface area contributed by atoms with E-state index in [1.807, 2.05) is 54.8 Å². The Morgan fingerprint density at radius 2 is 1.90 bits per heavy atom. The summed E-state index contributed by atoms with van der Waals surface area (Å²) in [6, 6.07) is 15.2. The quantitative estimate of drug-likeness (QED) is 0.494.